The SMILES string of the molecule is COc1ccccc1CN(C)C(=O)CSc1nnc(-c2ccc(C(C)(C)C)cc2)n1N. The second-order valence-corrected chi connectivity index (χ2v) is 9.30. The maximum absolute atomic E-state index is 12.6. The number of rotatable bonds is 7. The summed E-state index contributed by atoms with van der Waals surface area (Å²) in [5.41, 5.74) is 3.15. The van der Waals surface area contributed by atoms with E-state index >= 15 is 0 Å². The number of hydrogen-bond donors (Lipinski definition) is 1. The summed E-state index contributed by atoms with van der Waals surface area (Å²) in [5.74, 6) is 7.72. The van der Waals surface area contributed by atoms with Crippen LogP contribution in [0.4, 0.5) is 0 Å². The molecule has 0 aliphatic heterocycles. The van der Waals surface area contributed by atoms with Crippen molar-refractivity contribution in [2.75, 3.05) is 25.8 Å². The molecule has 1 amide bonds. The van der Waals surface area contributed by atoms with Crippen LogP contribution in [0.15, 0.2) is 53.7 Å². The summed E-state index contributed by atoms with van der Waals surface area (Å²) in [6, 6.07) is 15.8. The van der Waals surface area contributed by atoms with E-state index in [0.717, 1.165) is 16.9 Å². The number of carbonyl (C=O) groups is 1. The molecule has 0 radical (unpaired) electrons. The normalized spacial score (nSPS) is 11.4. The standard InChI is InChI=1S/C23H29N5O2S/c1-23(2,3)18-12-10-16(11-13-18)21-25-26-22(28(21)24)31-15-20(29)27(4)14-17-8-6-7-9-19(17)30-5/h6-13H,14-15,24H2,1-5H3. The Morgan fingerprint density at radius 3 is 2.45 bits per heavy atom. The molecule has 31 heavy (non-hydrogen) atoms. The van der Waals surface area contributed by atoms with E-state index in [9.17, 15) is 4.79 Å². The number of ether oxygens (including phenoxy) is 1. The molecule has 0 fully saturated rings. The molecule has 0 bridgehead atoms. The Morgan fingerprint density at radius 2 is 1.81 bits per heavy atom. The third-order valence-corrected chi connectivity index (χ3v) is 5.95. The Kier molecular flexibility index (Phi) is 6.90. The van der Waals surface area contributed by atoms with E-state index < -0.39 is 0 Å². The van der Waals surface area contributed by atoms with E-state index in [4.69, 9.17) is 10.6 Å². The van der Waals surface area contributed by atoms with Crippen LogP contribution in [0.1, 0.15) is 31.9 Å². The molecule has 0 saturated carbocycles. The summed E-state index contributed by atoms with van der Waals surface area (Å²) in [5, 5.41) is 8.88. The molecule has 1 heterocycles. The predicted molar refractivity (Wildman–Crippen MR) is 125 cm³/mol. The highest BCUT2D eigenvalue weighted by Crippen LogP contribution is 2.27. The molecule has 0 saturated heterocycles. The molecule has 3 rings (SSSR count). The van der Waals surface area contributed by atoms with Gasteiger partial charge in [0.1, 0.15) is 5.75 Å². The zero-order chi connectivity index (χ0) is 22.6. The van der Waals surface area contributed by atoms with Gasteiger partial charge in [0.15, 0.2) is 5.82 Å². The Morgan fingerprint density at radius 1 is 1.13 bits per heavy atom. The first-order valence-electron chi connectivity index (χ1n) is 10.0. The third kappa shape index (κ3) is 5.38. The van der Waals surface area contributed by atoms with Gasteiger partial charge in [-0.1, -0.05) is 75.0 Å². The summed E-state index contributed by atoms with van der Waals surface area (Å²) in [6.45, 7) is 6.97. The minimum atomic E-state index is -0.0324. The van der Waals surface area contributed by atoms with E-state index in [1.54, 1.807) is 19.1 Å². The fraction of sp³-hybridized carbons (Fsp3) is 0.348. The van der Waals surface area contributed by atoms with Crippen LogP contribution in [0.25, 0.3) is 11.4 Å². The van der Waals surface area contributed by atoms with Gasteiger partial charge in [0.05, 0.1) is 12.9 Å². The summed E-state index contributed by atoms with van der Waals surface area (Å²) >= 11 is 1.27. The number of methoxy groups -OCH3 is 1. The Labute approximate surface area is 187 Å². The fourth-order valence-electron chi connectivity index (χ4n) is 3.11. The van der Waals surface area contributed by atoms with E-state index in [2.05, 4.69) is 43.1 Å². The van der Waals surface area contributed by atoms with Crippen LogP contribution < -0.4 is 10.6 Å². The van der Waals surface area contributed by atoms with Crippen LogP contribution in [-0.4, -0.2) is 45.6 Å². The van der Waals surface area contributed by atoms with E-state index in [-0.39, 0.29) is 17.1 Å². The van der Waals surface area contributed by atoms with Crippen molar-refractivity contribution >= 4 is 17.7 Å². The van der Waals surface area contributed by atoms with Crippen LogP contribution >= 0.6 is 11.8 Å². The summed E-state index contributed by atoms with van der Waals surface area (Å²) in [7, 11) is 3.39. The number of amides is 1. The average molecular weight is 440 g/mol. The number of hydrogen-bond acceptors (Lipinski definition) is 6. The lowest BCUT2D eigenvalue weighted by Crippen LogP contribution is -2.28. The molecule has 1 aromatic heterocycles. The van der Waals surface area contributed by atoms with Gasteiger partial charge in [-0.15, -0.1) is 10.2 Å². The van der Waals surface area contributed by atoms with Gasteiger partial charge in [0.2, 0.25) is 11.1 Å². The molecular formula is C23H29N5O2S. The van der Waals surface area contributed by atoms with Crippen molar-refractivity contribution in [3.63, 3.8) is 0 Å². The lowest BCUT2D eigenvalue weighted by molar-refractivity contribution is -0.127. The number of nitrogens with two attached hydrogens (primary N) is 1. The Hall–Kier alpha value is -3.00. The highest BCUT2D eigenvalue weighted by atomic mass is 32.2. The zero-order valence-corrected chi connectivity index (χ0v) is 19.4. The molecule has 0 spiro atoms. The topological polar surface area (TPSA) is 86.3 Å². The number of nitrogens with zero attached hydrogens (tertiary/aromatic N) is 4. The summed E-state index contributed by atoms with van der Waals surface area (Å²) in [4.78, 5) is 14.3. The maximum atomic E-state index is 12.6. The van der Waals surface area contributed by atoms with Crippen molar-refractivity contribution in [1.82, 2.24) is 19.8 Å². The molecule has 164 valence electrons. The van der Waals surface area contributed by atoms with Gasteiger partial charge in [-0.05, 0) is 17.0 Å². The summed E-state index contributed by atoms with van der Waals surface area (Å²) in [6.07, 6.45) is 0. The van der Waals surface area contributed by atoms with E-state index in [1.165, 1.54) is 22.0 Å². The monoisotopic (exact) mass is 439 g/mol. The highest BCUT2D eigenvalue weighted by molar-refractivity contribution is 7.99. The third-order valence-electron chi connectivity index (χ3n) is 5.02. The molecule has 0 atom stereocenters. The molecule has 2 aromatic carbocycles. The maximum Gasteiger partial charge on any atom is 0.233 e. The molecule has 2 N–H and O–H groups in total. The number of nitrogen functional groups attached to an aromatic ring is 1. The number of aromatic nitrogens is 3. The largest absolute Gasteiger partial charge is 0.496 e. The lowest BCUT2D eigenvalue weighted by atomic mass is 9.87. The Bertz CT molecular complexity index is 1040. The molecule has 8 heteroatoms. The summed E-state index contributed by atoms with van der Waals surface area (Å²) < 4.78 is 6.80. The Balaban J connectivity index is 1.63. The first-order valence-corrected chi connectivity index (χ1v) is 11.0. The minimum absolute atomic E-state index is 0.0324. The number of thioether (sulfide) groups is 1. The van der Waals surface area contributed by atoms with Gasteiger partial charge in [-0.2, -0.15) is 0 Å². The van der Waals surface area contributed by atoms with Crippen molar-refractivity contribution in [2.45, 2.75) is 37.9 Å². The van der Waals surface area contributed by atoms with Crippen LogP contribution in [0.3, 0.4) is 0 Å². The molecule has 0 unspecified atom stereocenters. The van der Waals surface area contributed by atoms with Crippen LogP contribution in [0.5, 0.6) is 5.75 Å². The van der Waals surface area contributed by atoms with Crippen molar-refractivity contribution < 1.29 is 9.53 Å². The van der Waals surface area contributed by atoms with E-state index in [1.807, 2.05) is 36.4 Å². The number of benzene rings is 2. The number of para-hydroxylation sites is 1. The number of carbonyl (C=O) groups excluding carboxylic acids is 1. The highest BCUT2D eigenvalue weighted by Gasteiger charge is 2.18. The molecule has 3 aromatic rings. The van der Waals surface area contributed by atoms with Crippen LogP contribution in [0.2, 0.25) is 0 Å². The molecule has 7 nitrogen and oxygen atoms in total. The molecule has 0 aliphatic carbocycles. The zero-order valence-electron chi connectivity index (χ0n) is 18.6. The van der Waals surface area contributed by atoms with Gasteiger partial charge in [-0.3, -0.25) is 4.79 Å². The van der Waals surface area contributed by atoms with Gasteiger partial charge in [0, 0.05) is 24.7 Å². The second-order valence-electron chi connectivity index (χ2n) is 8.35. The van der Waals surface area contributed by atoms with Crippen LogP contribution in [-0.2, 0) is 16.8 Å². The van der Waals surface area contributed by atoms with E-state index in [0.29, 0.717) is 17.5 Å². The van der Waals surface area contributed by atoms with Crippen molar-refractivity contribution in [3.8, 4) is 17.1 Å². The second kappa shape index (κ2) is 9.43. The van der Waals surface area contributed by atoms with Crippen molar-refractivity contribution in [1.29, 1.82) is 0 Å². The predicted octanol–water partition coefficient (Wildman–Crippen LogP) is 3.72. The first-order chi connectivity index (χ1) is 14.7. The van der Waals surface area contributed by atoms with Gasteiger partial charge >= 0.3 is 0 Å². The average Bonchev–Trinajstić information content (AvgIpc) is 3.12. The lowest BCUT2D eigenvalue weighted by Gasteiger charge is -2.19. The van der Waals surface area contributed by atoms with Gasteiger partial charge < -0.3 is 15.5 Å². The quantitative estimate of drug-likeness (QED) is 0.446. The van der Waals surface area contributed by atoms with Gasteiger partial charge in [0.25, 0.3) is 0 Å². The van der Waals surface area contributed by atoms with Crippen molar-refractivity contribution in [3.05, 3.63) is 59.7 Å². The first kappa shape index (κ1) is 22.7. The van der Waals surface area contributed by atoms with Crippen LogP contribution in [0, 0.1) is 0 Å². The molecular weight excluding hydrogens is 410 g/mol. The smallest absolute Gasteiger partial charge is 0.233 e. The minimum Gasteiger partial charge on any atom is -0.496 e. The fourth-order valence-corrected chi connectivity index (χ4v) is 3.90. The van der Waals surface area contributed by atoms with Crippen molar-refractivity contribution in [2.24, 2.45) is 0 Å². The van der Waals surface area contributed by atoms with Gasteiger partial charge in [-0.25, -0.2) is 4.68 Å². The molecule has 0 aliphatic rings.